The second kappa shape index (κ2) is 3.97. The molecule has 0 aliphatic carbocycles. The van der Waals surface area contributed by atoms with Crippen LogP contribution in [0.3, 0.4) is 0 Å². The van der Waals surface area contributed by atoms with E-state index >= 15 is 0 Å². The van der Waals surface area contributed by atoms with Crippen LogP contribution in [0.25, 0.3) is 10.9 Å². The number of thiol groups is 1. The molecule has 0 amide bonds. The summed E-state index contributed by atoms with van der Waals surface area (Å²) in [6.45, 7) is 0. The number of aromatic amines is 1. The summed E-state index contributed by atoms with van der Waals surface area (Å²) in [5.41, 5.74) is 1.46. The van der Waals surface area contributed by atoms with E-state index in [1.807, 2.05) is 0 Å². The molecule has 2 rings (SSSR count). The summed E-state index contributed by atoms with van der Waals surface area (Å²) in [5, 5.41) is 9.45. The van der Waals surface area contributed by atoms with Crippen molar-refractivity contribution < 1.29 is 18.3 Å². The summed E-state index contributed by atoms with van der Waals surface area (Å²) < 4.78 is 21.1. The molecule has 84 valence electrons. The van der Waals surface area contributed by atoms with E-state index < -0.39 is 16.7 Å². The van der Waals surface area contributed by atoms with Crippen molar-refractivity contribution in [2.24, 2.45) is 0 Å². The van der Waals surface area contributed by atoms with Crippen molar-refractivity contribution in [2.75, 3.05) is 0 Å². The maximum Gasteiger partial charge on any atom is 0.337 e. The van der Waals surface area contributed by atoms with E-state index in [2.05, 4.69) is 4.98 Å². The Morgan fingerprint density at radius 2 is 2.12 bits per heavy atom. The normalized spacial score (nSPS) is 11.1. The van der Waals surface area contributed by atoms with Gasteiger partial charge in [-0.3, -0.25) is 0 Å². The largest absolute Gasteiger partial charge is 0.478 e. The zero-order chi connectivity index (χ0) is 11.7. The van der Waals surface area contributed by atoms with Crippen LogP contribution in [0.1, 0.15) is 15.9 Å². The van der Waals surface area contributed by atoms with Gasteiger partial charge in [0, 0.05) is 17.1 Å². The summed E-state index contributed by atoms with van der Waals surface area (Å²) in [4.78, 5) is 13.6. The van der Waals surface area contributed by atoms with Gasteiger partial charge in [0.05, 0.1) is 11.3 Å². The molecule has 1 aromatic carbocycles. The van der Waals surface area contributed by atoms with Gasteiger partial charge in [-0.15, -0.1) is 0 Å². The first-order chi connectivity index (χ1) is 7.58. The molecule has 2 N–H and O–H groups in total. The molecule has 1 heterocycles. The van der Waals surface area contributed by atoms with Gasteiger partial charge in [-0.2, -0.15) is 0 Å². The van der Waals surface area contributed by atoms with Crippen LogP contribution in [0.2, 0.25) is 0 Å². The zero-order valence-electron chi connectivity index (χ0n) is 8.14. The Hall–Kier alpha value is -1.82. The van der Waals surface area contributed by atoms with Crippen molar-refractivity contribution in [1.29, 1.82) is 0 Å². The van der Waals surface area contributed by atoms with Gasteiger partial charge in [0.25, 0.3) is 0 Å². The van der Waals surface area contributed by atoms with Crippen molar-refractivity contribution in [3.05, 3.63) is 35.5 Å². The van der Waals surface area contributed by atoms with Crippen molar-refractivity contribution in [3.63, 3.8) is 0 Å². The maximum absolute atomic E-state index is 10.8. The quantitative estimate of drug-likeness (QED) is 0.697. The Bertz CT molecular complexity index is 619. The van der Waals surface area contributed by atoms with Gasteiger partial charge in [0.2, 0.25) is 0 Å². The number of hydrogen-bond acceptors (Lipinski definition) is 3. The van der Waals surface area contributed by atoms with Crippen LogP contribution in [0.5, 0.6) is 0 Å². The smallest absolute Gasteiger partial charge is 0.337 e. The maximum atomic E-state index is 10.8. The Labute approximate surface area is 92.7 Å². The topological polar surface area (TPSA) is 87.2 Å². The van der Waals surface area contributed by atoms with Crippen LogP contribution >= 0.6 is 0 Å². The first-order valence-corrected chi connectivity index (χ1v) is 5.89. The fraction of sp³-hybridized carbons (Fsp3) is 0.100. The third kappa shape index (κ3) is 1.92. The van der Waals surface area contributed by atoms with Crippen molar-refractivity contribution in [1.82, 2.24) is 4.98 Å². The number of nitrogens with one attached hydrogen (secondary N) is 1. The molecular formula is C10H9NO4S. The third-order valence-electron chi connectivity index (χ3n) is 2.29. The first kappa shape index (κ1) is 10.7. The zero-order valence-corrected chi connectivity index (χ0v) is 9.03. The molecule has 5 nitrogen and oxygen atoms in total. The molecule has 0 unspecified atom stereocenters. The molecule has 0 aliphatic heterocycles. The summed E-state index contributed by atoms with van der Waals surface area (Å²) in [6.07, 6.45) is 1.40. The number of carboxylic acids is 1. The van der Waals surface area contributed by atoms with Gasteiger partial charge < -0.3 is 10.1 Å². The van der Waals surface area contributed by atoms with Crippen LogP contribution in [-0.2, 0) is 16.5 Å². The lowest BCUT2D eigenvalue weighted by Crippen LogP contribution is -1.93. The Morgan fingerprint density at radius 1 is 1.38 bits per heavy atom. The molecule has 0 fully saturated rings. The van der Waals surface area contributed by atoms with E-state index in [1.165, 1.54) is 6.20 Å². The summed E-state index contributed by atoms with van der Waals surface area (Å²) in [7, 11) is -2.47. The van der Waals surface area contributed by atoms with E-state index in [0.717, 1.165) is 0 Å². The van der Waals surface area contributed by atoms with Crippen molar-refractivity contribution in [3.8, 4) is 0 Å². The number of rotatable bonds is 3. The van der Waals surface area contributed by atoms with Crippen LogP contribution < -0.4 is 0 Å². The lowest BCUT2D eigenvalue weighted by Gasteiger charge is -1.96. The van der Waals surface area contributed by atoms with E-state index in [4.69, 9.17) is 5.11 Å². The first-order valence-electron chi connectivity index (χ1n) is 4.53. The number of fused-ring (bicyclic) bond motifs is 1. The molecule has 0 spiro atoms. The molecule has 0 bridgehead atoms. The molecule has 6 heteroatoms. The van der Waals surface area contributed by atoms with Crippen LogP contribution in [-0.4, -0.2) is 24.5 Å². The Morgan fingerprint density at radius 3 is 2.75 bits per heavy atom. The van der Waals surface area contributed by atoms with Crippen LogP contribution in [0.15, 0.2) is 24.4 Å². The number of carbonyl (C=O) groups is 1. The van der Waals surface area contributed by atoms with Crippen molar-refractivity contribution in [2.45, 2.75) is 5.75 Å². The fourth-order valence-electron chi connectivity index (χ4n) is 1.60. The van der Waals surface area contributed by atoms with Gasteiger partial charge in [0.15, 0.2) is 0 Å². The average molecular weight is 239 g/mol. The number of aromatic nitrogens is 1. The predicted molar refractivity (Wildman–Crippen MR) is 59.3 cm³/mol. The summed E-state index contributed by atoms with van der Waals surface area (Å²) in [6, 6.07) is 4.88. The van der Waals surface area contributed by atoms with Gasteiger partial charge in [-0.05, 0) is 11.6 Å². The lowest BCUT2D eigenvalue weighted by atomic mass is 10.1. The fourth-order valence-corrected chi connectivity index (χ4v) is 2.09. The van der Waals surface area contributed by atoms with Gasteiger partial charge in [-0.25, -0.2) is 13.2 Å². The molecule has 0 saturated heterocycles. The van der Waals surface area contributed by atoms with Crippen molar-refractivity contribution >= 4 is 27.6 Å². The SMILES string of the molecule is O=C(O)c1c[nH]c2cc(C[SH](=O)=O)ccc12. The number of hydrogen-bond donors (Lipinski definition) is 3. The number of carboxylic acid groups (broad SMARTS) is 1. The number of aromatic carboxylic acids is 1. The van der Waals surface area contributed by atoms with E-state index in [-0.39, 0.29) is 11.3 Å². The standard InChI is InChI=1S/C10H9NO4S/c12-10(13)8-4-11-9-3-6(5-16(14)15)1-2-7(8)9/h1-4,11,16H,5H2,(H,12,13). The monoisotopic (exact) mass is 239 g/mol. The Balaban J connectivity index is 2.53. The average Bonchev–Trinajstić information content (AvgIpc) is 2.59. The van der Waals surface area contributed by atoms with E-state index in [1.54, 1.807) is 18.2 Å². The molecule has 0 atom stereocenters. The molecule has 2 aromatic rings. The van der Waals surface area contributed by atoms with Gasteiger partial charge in [-0.1, -0.05) is 12.1 Å². The van der Waals surface area contributed by atoms with Crippen LogP contribution in [0.4, 0.5) is 0 Å². The Kier molecular flexibility index (Phi) is 2.66. The highest BCUT2D eigenvalue weighted by Gasteiger charge is 2.10. The molecular weight excluding hydrogens is 230 g/mol. The molecule has 1 aromatic heterocycles. The second-order valence-corrected chi connectivity index (χ2v) is 4.36. The minimum Gasteiger partial charge on any atom is -0.478 e. The minimum absolute atomic E-state index is 0.0350. The molecule has 0 radical (unpaired) electrons. The number of benzene rings is 1. The lowest BCUT2D eigenvalue weighted by molar-refractivity contribution is 0.0699. The van der Waals surface area contributed by atoms with E-state index in [0.29, 0.717) is 16.5 Å². The molecule has 0 aliphatic rings. The molecule has 0 saturated carbocycles. The predicted octanol–water partition coefficient (Wildman–Crippen LogP) is 0.978. The van der Waals surface area contributed by atoms with Gasteiger partial charge in [0.1, 0.15) is 10.7 Å². The van der Waals surface area contributed by atoms with Crippen LogP contribution in [0, 0.1) is 0 Å². The molecule has 16 heavy (non-hydrogen) atoms. The summed E-state index contributed by atoms with van der Waals surface area (Å²) in [5.74, 6) is -1.04. The summed E-state index contributed by atoms with van der Waals surface area (Å²) >= 11 is 0. The number of H-pyrrole nitrogens is 1. The highest BCUT2D eigenvalue weighted by atomic mass is 32.2. The van der Waals surface area contributed by atoms with E-state index in [9.17, 15) is 13.2 Å². The van der Waals surface area contributed by atoms with Gasteiger partial charge >= 0.3 is 5.97 Å². The highest BCUT2D eigenvalue weighted by Crippen LogP contribution is 2.19. The minimum atomic E-state index is -2.47. The highest BCUT2D eigenvalue weighted by molar-refractivity contribution is 7.71. The third-order valence-corrected chi connectivity index (χ3v) is 2.91. The second-order valence-electron chi connectivity index (χ2n) is 3.38.